The van der Waals surface area contributed by atoms with Gasteiger partial charge in [0, 0.05) is 6.54 Å². The van der Waals surface area contributed by atoms with Crippen LogP contribution in [0.15, 0.2) is 0 Å². The molecule has 1 rings (SSSR count). The summed E-state index contributed by atoms with van der Waals surface area (Å²) in [5.41, 5.74) is 0. The topological polar surface area (TPSA) is 140 Å². The van der Waals surface area contributed by atoms with Gasteiger partial charge in [-0.1, -0.05) is 0 Å². The number of carbonyl (C=O) groups excluding carboxylic acids is 1. The quantitative estimate of drug-likeness (QED) is 0.586. The van der Waals surface area contributed by atoms with Gasteiger partial charge in [-0.3, -0.25) is 4.79 Å². The number of carboxylic acids is 2. The Bertz CT molecular complexity index is 418. The van der Waals surface area contributed by atoms with Gasteiger partial charge in [-0.05, 0) is 0 Å². The van der Waals surface area contributed by atoms with Gasteiger partial charge in [0.15, 0.2) is 6.10 Å². The molecule has 0 radical (unpaired) electrons. The number of nitrogens with zero attached hydrogens (tertiary/aromatic N) is 2. The molecular weight excluding hydrogens is 258 g/mol. The molecule has 2 atom stereocenters. The third kappa shape index (κ3) is 4.44. The maximum atomic E-state index is 11.7. The minimum absolute atomic E-state index is 0.0156. The Labute approximate surface area is 108 Å². The monoisotopic (exact) mass is 271 g/mol. The molecule has 2 unspecified atom stereocenters. The average Bonchev–Trinajstić information content (AvgIpc) is 2.37. The van der Waals surface area contributed by atoms with Gasteiger partial charge < -0.3 is 25.2 Å². The van der Waals surface area contributed by atoms with E-state index in [1.165, 1.54) is 4.90 Å². The van der Waals surface area contributed by atoms with Crippen LogP contribution in [-0.4, -0.2) is 64.9 Å². The fourth-order valence-electron chi connectivity index (χ4n) is 1.53. The van der Waals surface area contributed by atoms with Crippen molar-refractivity contribution in [3.05, 3.63) is 0 Å². The zero-order valence-corrected chi connectivity index (χ0v) is 9.90. The van der Waals surface area contributed by atoms with E-state index in [4.69, 9.17) is 20.2 Å². The molecule has 0 spiro atoms. The predicted molar refractivity (Wildman–Crippen MR) is 59.1 cm³/mol. The summed E-state index contributed by atoms with van der Waals surface area (Å²) in [6, 6.07) is -0.388. The molecule has 0 aromatic carbocycles. The van der Waals surface area contributed by atoms with Crippen LogP contribution < -0.4 is 5.32 Å². The number of morpholine rings is 1. The van der Waals surface area contributed by atoms with Crippen molar-refractivity contribution in [2.75, 3.05) is 19.7 Å². The first-order chi connectivity index (χ1) is 8.93. The SMILES string of the molecule is N#CC1CN(C(=O)NC(CC(=O)O)C(=O)O)CCO1. The first kappa shape index (κ1) is 14.7. The van der Waals surface area contributed by atoms with Crippen LogP contribution in [-0.2, 0) is 14.3 Å². The third-order valence-corrected chi connectivity index (χ3v) is 2.47. The molecule has 19 heavy (non-hydrogen) atoms. The number of amides is 2. The van der Waals surface area contributed by atoms with Crippen molar-refractivity contribution < 1.29 is 29.3 Å². The molecule has 2 amide bonds. The number of hydrogen-bond donors (Lipinski definition) is 3. The van der Waals surface area contributed by atoms with Gasteiger partial charge in [0.25, 0.3) is 0 Å². The lowest BCUT2D eigenvalue weighted by Crippen LogP contribution is -2.53. The van der Waals surface area contributed by atoms with Crippen LogP contribution in [0.5, 0.6) is 0 Å². The Morgan fingerprint density at radius 1 is 1.47 bits per heavy atom. The molecule has 9 nitrogen and oxygen atoms in total. The molecule has 0 aliphatic carbocycles. The molecule has 1 aliphatic heterocycles. The highest BCUT2D eigenvalue weighted by molar-refractivity contribution is 5.86. The number of carboxylic acid groups (broad SMARTS) is 2. The summed E-state index contributed by atoms with van der Waals surface area (Å²) >= 11 is 0. The molecular formula is C10H13N3O6. The fraction of sp³-hybridized carbons (Fsp3) is 0.600. The van der Waals surface area contributed by atoms with Gasteiger partial charge in [0.2, 0.25) is 0 Å². The molecule has 0 aromatic heterocycles. The number of hydrogen-bond acceptors (Lipinski definition) is 5. The van der Waals surface area contributed by atoms with Crippen LogP contribution >= 0.6 is 0 Å². The van der Waals surface area contributed by atoms with Gasteiger partial charge in [-0.15, -0.1) is 0 Å². The molecule has 3 N–H and O–H groups in total. The van der Waals surface area contributed by atoms with E-state index in [2.05, 4.69) is 5.32 Å². The molecule has 0 aromatic rings. The largest absolute Gasteiger partial charge is 0.481 e. The second kappa shape index (κ2) is 6.55. The Balaban J connectivity index is 2.59. The van der Waals surface area contributed by atoms with E-state index in [0.717, 1.165) is 0 Å². The number of urea groups is 1. The van der Waals surface area contributed by atoms with Crippen molar-refractivity contribution in [1.29, 1.82) is 5.26 Å². The minimum Gasteiger partial charge on any atom is -0.481 e. The van der Waals surface area contributed by atoms with Crippen LogP contribution in [0.3, 0.4) is 0 Å². The van der Waals surface area contributed by atoms with Gasteiger partial charge in [-0.2, -0.15) is 5.26 Å². The molecule has 1 fully saturated rings. The van der Waals surface area contributed by atoms with Gasteiger partial charge in [-0.25, -0.2) is 9.59 Å². The van der Waals surface area contributed by atoms with Crippen molar-refractivity contribution in [3.8, 4) is 6.07 Å². The summed E-state index contributed by atoms with van der Waals surface area (Å²) in [6.45, 7) is 0.396. The first-order valence-corrected chi connectivity index (χ1v) is 5.45. The summed E-state index contributed by atoms with van der Waals surface area (Å²) in [7, 11) is 0. The summed E-state index contributed by atoms with van der Waals surface area (Å²) in [6.07, 6.45) is -1.48. The van der Waals surface area contributed by atoms with E-state index >= 15 is 0 Å². The highest BCUT2D eigenvalue weighted by atomic mass is 16.5. The number of aliphatic carboxylic acids is 2. The first-order valence-electron chi connectivity index (χ1n) is 5.45. The molecule has 0 bridgehead atoms. The Morgan fingerprint density at radius 3 is 2.68 bits per heavy atom. The normalized spacial score (nSPS) is 20.2. The van der Waals surface area contributed by atoms with Crippen LogP contribution in [0.4, 0.5) is 4.79 Å². The van der Waals surface area contributed by atoms with Crippen molar-refractivity contribution in [2.24, 2.45) is 0 Å². The van der Waals surface area contributed by atoms with E-state index in [1.54, 1.807) is 0 Å². The van der Waals surface area contributed by atoms with Crippen LogP contribution in [0.2, 0.25) is 0 Å². The molecule has 1 aliphatic rings. The average molecular weight is 271 g/mol. The maximum Gasteiger partial charge on any atom is 0.326 e. The van der Waals surface area contributed by atoms with E-state index in [1.807, 2.05) is 6.07 Å². The molecule has 1 heterocycles. The van der Waals surface area contributed by atoms with E-state index in [9.17, 15) is 14.4 Å². The summed E-state index contributed by atoms with van der Waals surface area (Å²) in [4.78, 5) is 34.2. The lowest BCUT2D eigenvalue weighted by atomic mass is 10.2. The zero-order chi connectivity index (χ0) is 14.4. The fourth-order valence-corrected chi connectivity index (χ4v) is 1.53. The Kier molecular flexibility index (Phi) is 5.08. The Morgan fingerprint density at radius 2 is 2.16 bits per heavy atom. The summed E-state index contributed by atoms with van der Waals surface area (Å²) in [5.74, 6) is -2.76. The highest BCUT2D eigenvalue weighted by Gasteiger charge is 2.28. The number of nitrogens with one attached hydrogen (secondary N) is 1. The van der Waals surface area contributed by atoms with E-state index in [-0.39, 0.29) is 19.7 Å². The van der Waals surface area contributed by atoms with Crippen LogP contribution in [0.25, 0.3) is 0 Å². The molecule has 104 valence electrons. The van der Waals surface area contributed by atoms with Crippen LogP contribution in [0.1, 0.15) is 6.42 Å². The summed E-state index contributed by atoms with van der Waals surface area (Å²) < 4.78 is 5.03. The number of rotatable bonds is 4. The number of nitriles is 1. The van der Waals surface area contributed by atoms with Crippen molar-refractivity contribution >= 4 is 18.0 Å². The van der Waals surface area contributed by atoms with Crippen molar-refractivity contribution in [1.82, 2.24) is 10.2 Å². The van der Waals surface area contributed by atoms with Gasteiger partial charge in [0.05, 0.1) is 25.6 Å². The van der Waals surface area contributed by atoms with Crippen LogP contribution in [0, 0.1) is 11.3 Å². The molecule has 1 saturated heterocycles. The molecule has 0 saturated carbocycles. The van der Waals surface area contributed by atoms with E-state index in [0.29, 0.717) is 0 Å². The maximum absolute atomic E-state index is 11.7. The number of ether oxygens (including phenoxy) is 1. The van der Waals surface area contributed by atoms with Gasteiger partial charge in [0.1, 0.15) is 6.04 Å². The third-order valence-electron chi connectivity index (χ3n) is 2.47. The Hall–Kier alpha value is -2.34. The van der Waals surface area contributed by atoms with Crippen molar-refractivity contribution in [2.45, 2.75) is 18.6 Å². The lowest BCUT2D eigenvalue weighted by molar-refractivity contribution is -0.145. The minimum atomic E-state index is -1.51. The zero-order valence-electron chi connectivity index (χ0n) is 9.90. The number of carbonyl (C=O) groups is 3. The second-order valence-electron chi connectivity index (χ2n) is 3.87. The smallest absolute Gasteiger partial charge is 0.326 e. The second-order valence-corrected chi connectivity index (χ2v) is 3.87. The van der Waals surface area contributed by atoms with Crippen molar-refractivity contribution in [3.63, 3.8) is 0 Å². The van der Waals surface area contributed by atoms with E-state index < -0.39 is 36.5 Å². The molecule has 9 heteroatoms. The standard InChI is InChI=1S/C10H13N3O6/c11-4-6-5-13(1-2-19-6)10(18)12-7(9(16)17)3-8(14)15/h6-7H,1-3,5H2,(H,12,18)(H,14,15)(H,16,17). The predicted octanol–water partition coefficient (Wildman–Crippen LogP) is -1.15. The highest BCUT2D eigenvalue weighted by Crippen LogP contribution is 2.05. The summed E-state index contributed by atoms with van der Waals surface area (Å²) in [5, 5.41) is 28.1. The lowest BCUT2D eigenvalue weighted by Gasteiger charge is -2.30. The van der Waals surface area contributed by atoms with Gasteiger partial charge >= 0.3 is 18.0 Å².